The van der Waals surface area contributed by atoms with E-state index in [0.717, 1.165) is 11.3 Å². The van der Waals surface area contributed by atoms with Gasteiger partial charge in [-0.1, -0.05) is 56.3 Å². The molecule has 7 heteroatoms. The van der Waals surface area contributed by atoms with Gasteiger partial charge in [-0.25, -0.2) is 4.98 Å². The normalized spacial score (nSPS) is 10.7. The van der Waals surface area contributed by atoms with Crippen molar-refractivity contribution in [2.75, 3.05) is 25.5 Å². The van der Waals surface area contributed by atoms with Gasteiger partial charge in [-0.15, -0.1) is 11.3 Å². The van der Waals surface area contributed by atoms with Crippen molar-refractivity contribution in [1.29, 1.82) is 0 Å². The van der Waals surface area contributed by atoms with E-state index in [1.165, 1.54) is 18.4 Å². The van der Waals surface area contributed by atoms with Crippen LogP contribution in [0.3, 0.4) is 0 Å². The topological polar surface area (TPSA) is 71.5 Å². The van der Waals surface area contributed by atoms with Crippen LogP contribution in [0.15, 0.2) is 60.0 Å². The molecule has 0 aliphatic heterocycles. The van der Waals surface area contributed by atoms with Gasteiger partial charge in [0, 0.05) is 17.5 Å². The number of ether oxygens (including phenoxy) is 1. The predicted molar refractivity (Wildman–Crippen MR) is 120 cm³/mol. The number of nitrogens with one attached hydrogen (secondary N) is 1. The molecule has 0 atom stereocenters. The third kappa shape index (κ3) is 5.45. The number of anilines is 1. The van der Waals surface area contributed by atoms with E-state index in [-0.39, 0.29) is 24.3 Å². The number of amides is 2. The number of para-hydroxylation sites is 1. The van der Waals surface area contributed by atoms with Gasteiger partial charge in [-0.3, -0.25) is 9.59 Å². The van der Waals surface area contributed by atoms with Crippen LogP contribution in [0, 0.1) is 5.92 Å². The average Bonchev–Trinajstić information content (AvgIpc) is 3.21. The van der Waals surface area contributed by atoms with Gasteiger partial charge in [0.1, 0.15) is 12.3 Å². The maximum atomic E-state index is 13.1. The fourth-order valence-corrected chi connectivity index (χ4v) is 3.79. The number of carbonyl (C=O) groups excluding carboxylic acids is 2. The van der Waals surface area contributed by atoms with Crippen LogP contribution in [0.4, 0.5) is 5.13 Å². The van der Waals surface area contributed by atoms with Crippen LogP contribution in [0.25, 0.3) is 11.3 Å². The van der Waals surface area contributed by atoms with Crippen LogP contribution >= 0.6 is 11.3 Å². The number of benzene rings is 2. The van der Waals surface area contributed by atoms with E-state index < -0.39 is 0 Å². The summed E-state index contributed by atoms with van der Waals surface area (Å²) in [5, 5.41) is 5.22. The molecule has 1 aromatic heterocycles. The molecule has 0 unspecified atom stereocenters. The number of carbonyl (C=O) groups is 2. The van der Waals surface area contributed by atoms with Crippen LogP contribution in [-0.4, -0.2) is 41.9 Å². The molecule has 1 heterocycles. The summed E-state index contributed by atoms with van der Waals surface area (Å²) in [5.74, 6) is 0.179. The average molecular weight is 424 g/mol. The van der Waals surface area contributed by atoms with Crippen molar-refractivity contribution in [1.82, 2.24) is 9.88 Å². The highest BCUT2D eigenvalue weighted by atomic mass is 32.1. The number of methoxy groups -OCH3 is 1. The first-order valence-electron chi connectivity index (χ1n) is 9.71. The summed E-state index contributed by atoms with van der Waals surface area (Å²) in [6, 6.07) is 16.8. The van der Waals surface area contributed by atoms with Gasteiger partial charge >= 0.3 is 0 Å². The number of rotatable bonds is 8. The van der Waals surface area contributed by atoms with Crippen LogP contribution in [0.1, 0.15) is 24.2 Å². The third-order valence-electron chi connectivity index (χ3n) is 4.36. The number of hydrogen-bond acceptors (Lipinski definition) is 5. The van der Waals surface area contributed by atoms with Gasteiger partial charge < -0.3 is 15.0 Å². The minimum absolute atomic E-state index is 0.0602. The molecule has 0 spiro atoms. The molecule has 3 aromatic rings. The van der Waals surface area contributed by atoms with Gasteiger partial charge in [0.2, 0.25) is 5.91 Å². The lowest BCUT2D eigenvalue weighted by Gasteiger charge is -2.24. The van der Waals surface area contributed by atoms with Crippen LogP contribution in [0.2, 0.25) is 0 Å². The molecule has 0 saturated heterocycles. The zero-order valence-corrected chi connectivity index (χ0v) is 18.1. The molecule has 30 heavy (non-hydrogen) atoms. The summed E-state index contributed by atoms with van der Waals surface area (Å²) in [7, 11) is 1.53. The Morgan fingerprint density at radius 3 is 2.50 bits per heavy atom. The van der Waals surface area contributed by atoms with E-state index in [1.54, 1.807) is 23.1 Å². The number of thiazole rings is 1. The standard InChI is InChI=1S/C23H25N3O3S/c1-16(2)13-26(22(28)18-11-7-8-12-20(18)29-3)14-21(27)25-23-24-19(15-30-23)17-9-5-4-6-10-17/h4-12,15-16H,13-14H2,1-3H3,(H,24,25,27). The Bertz CT molecular complexity index is 1000. The van der Waals surface area contributed by atoms with E-state index >= 15 is 0 Å². The van der Waals surface area contributed by atoms with Crippen LogP contribution < -0.4 is 10.1 Å². The largest absolute Gasteiger partial charge is 0.496 e. The van der Waals surface area contributed by atoms with Crippen molar-refractivity contribution in [3.8, 4) is 17.0 Å². The van der Waals surface area contributed by atoms with Crippen LogP contribution in [-0.2, 0) is 4.79 Å². The lowest BCUT2D eigenvalue weighted by atomic mass is 10.1. The van der Waals surface area contributed by atoms with E-state index in [9.17, 15) is 9.59 Å². The molecule has 0 radical (unpaired) electrons. The molecule has 0 aliphatic carbocycles. The summed E-state index contributed by atoms with van der Waals surface area (Å²) in [6.07, 6.45) is 0. The van der Waals surface area contributed by atoms with Crippen molar-refractivity contribution >= 4 is 28.3 Å². The molecule has 0 fully saturated rings. The minimum Gasteiger partial charge on any atom is -0.496 e. The third-order valence-corrected chi connectivity index (χ3v) is 5.12. The van der Waals surface area contributed by atoms with E-state index in [1.807, 2.05) is 55.6 Å². The zero-order valence-electron chi connectivity index (χ0n) is 17.3. The summed E-state index contributed by atoms with van der Waals surface area (Å²) >= 11 is 1.36. The molecular formula is C23H25N3O3S. The molecule has 2 amide bonds. The molecule has 6 nitrogen and oxygen atoms in total. The van der Waals surface area contributed by atoms with E-state index in [0.29, 0.717) is 23.0 Å². The van der Waals surface area contributed by atoms with Gasteiger partial charge in [-0.05, 0) is 18.1 Å². The number of nitrogens with zero attached hydrogens (tertiary/aromatic N) is 2. The minimum atomic E-state index is -0.284. The lowest BCUT2D eigenvalue weighted by Crippen LogP contribution is -2.40. The summed E-state index contributed by atoms with van der Waals surface area (Å²) in [4.78, 5) is 31.8. The van der Waals surface area contributed by atoms with Gasteiger partial charge in [-0.2, -0.15) is 0 Å². The molecule has 2 aromatic carbocycles. The highest BCUT2D eigenvalue weighted by Gasteiger charge is 2.23. The fraction of sp³-hybridized carbons (Fsp3) is 0.261. The number of aromatic nitrogens is 1. The SMILES string of the molecule is COc1ccccc1C(=O)N(CC(=O)Nc1nc(-c2ccccc2)cs1)CC(C)C. The molecule has 3 rings (SSSR count). The Labute approximate surface area is 180 Å². The van der Waals surface area contributed by atoms with Crippen LogP contribution in [0.5, 0.6) is 5.75 Å². The lowest BCUT2D eigenvalue weighted by molar-refractivity contribution is -0.117. The second kappa shape index (κ2) is 10.0. The first kappa shape index (κ1) is 21.5. The molecule has 0 aliphatic rings. The maximum Gasteiger partial charge on any atom is 0.258 e. The Morgan fingerprint density at radius 2 is 1.80 bits per heavy atom. The number of hydrogen-bond donors (Lipinski definition) is 1. The smallest absolute Gasteiger partial charge is 0.258 e. The quantitative estimate of drug-likeness (QED) is 0.577. The first-order chi connectivity index (χ1) is 14.5. The van der Waals surface area contributed by atoms with Crippen molar-refractivity contribution < 1.29 is 14.3 Å². The molecule has 0 saturated carbocycles. The molecule has 156 valence electrons. The zero-order chi connectivity index (χ0) is 21.5. The molecular weight excluding hydrogens is 398 g/mol. The summed E-state index contributed by atoms with van der Waals surface area (Å²) in [6.45, 7) is 4.41. The Morgan fingerprint density at radius 1 is 1.10 bits per heavy atom. The van der Waals surface area contributed by atoms with Crippen molar-refractivity contribution in [2.45, 2.75) is 13.8 Å². The summed E-state index contributed by atoms with van der Waals surface area (Å²) < 4.78 is 5.31. The maximum absolute atomic E-state index is 13.1. The molecule has 1 N–H and O–H groups in total. The fourth-order valence-electron chi connectivity index (χ4n) is 3.06. The van der Waals surface area contributed by atoms with Gasteiger partial charge in [0.15, 0.2) is 5.13 Å². The van der Waals surface area contributed by atoms with Gasteiger partial charge in [0.25, 0.3) is 5.91 Å². The van der Waals surface area contributed by atoms with E-state index in [2.05, 4.69) is 10.3 Å². The highest BCUT2D eigenvalue weighted by molar-refractivity contribution is 7.14. The summed E-state index contributed by atoms with van der Waals surface area (Å²) in [5.41, 5.74) is 2.23. The van der Waals surface area contributed by atoms with Crippen molar-refractivity contribution in [3.63, 3.8) is 0 Å². The Balaban J connectivity index is 1.71. The Kier molecular flexibility index (Phi) is 7.19. The first-order valence-corrected chi connectivity index (χ1v) is 10.6. The molecule has 0 bridgehead atoms. The van der Waals surface area contributed by atoms with Crippen molar-refractivity contribution in [3.05, 3.63) is 65.5 Å². The predicted octanol–water partition coefficient (Wildman–Crippen LogP) is 4.56. The second-order valence-corrected chi connectivity index (χ2v) is 8.09. The van der Waals surface area contributed by atoms with E-state index in [4.69, 9.17) is 4.74 Å². The van der Waals surface area contributed by atoms with Gasteiger partial charge in [0.05, 0.1) is 18.4 Å². The monoisotopic (exact) mass is 423 g/mol. The highest BCUT2D eigenvalue weighted by Crippen LogP contribution is 2.25. The van der Waals surface area contributed by atoms with Crippen molar-refractivity contribution in [2.24, 2.45) is 5.92 Å². The Hall–Kier alpha value is -3.19. The second-order valence-electron chi connectivity index (χ2n) is 7.23.